The summed E-state index contributed by atoms with van der Waals surface area (Å²) in [5.74, 6) is 1.04. The Morgan fingerprint density at radius 3 is 2.88 bits per heavy atom. The third-order valence-corrected chi connectivity index (χ3v) is 6.59. The van der Waals surface area contributed by atoms with Crippen molar-refractivity contribution in [2.24, 2.45) is 7.05 Å². The largest absolute Gasteiger partial charge is 0.316 e. The second kappa shape index (κ2) is 8.02. The van der Waals surface area contributed by atoms with Crippen LogP contribution in [0.2, 0.25) is 0 Å². The Hall–Kier alpha value is -1.85. The number of hydrogen-bond donors (Lipinski definition) is 1. The van der Waals surface area contributed by atoms with Gasteiger partial charge in [0, 0.05) is 18.3 Å². The van der Waals surface area contributed by atoms with E-state index < -0.39 is 0 Å². The fourth-order valence-corrected chi connectivity index (χ4v) is 5.01. The smallest absolute Gasteiger partial charge is 0.235 e. The minimum atomic E-state index is -0.112. The van der Waals surface area contributed by atoms with Gasteiger partial charge in [-0.25, -0.2) is 0 Å². The highest BCUT2D eigenvalue weighted by Gasteiger charge is 2.21. The molecule has 0 saturated heterocycles. The fraction of sp³-hybridized carbons (Fsp3) is 0.529. The van der Waals surface area contributed by atoms with Crippen LogP contribution in [0.25, 0.3) is 0 Å². The number of rotatable bonds is 5. The number of amides is 1. The molecule has 0 spiro atoms. The molecule has 3 rings (SSSR count). The average molecular weight is 376 g/mol. The second-order valence-corrected chi connectivity index (χ2v) is 8.08. The number of nitrogens with zero attached hydrogens (tertiary/aromatic N) is 4. The highest BCUT2D eigenvalue weighted by atomic mass is 32.2. The molecule has 8 heteroatoms. The normalized spacial score (nSPS) is 13.8. The van der Waals surface area contributed by atoms with E-state index in [1.54, 1.807) is 11.3 Å². The van der Waals surface area contributed by atoms with Gasteiger partial charge in [0.25, 0.3) is 0 Å². The van der Waals surface area contributed by atoms with E-state index in [0.29, 0.717) is 10.6 Å². The van der Waals surface area contributed by atoms with Gasteiger partial charge in [0.15, 0.2) is 5.16 Å². The number of hydrogen-bond acceptors (Lipinski definition) is 6. The van der Waals surface area contributed by atoms with Crippen LogP contribution in [0.3, 0.4) is 0 Å². The molecule has 1 N–H and O–H groups in total. The van der Waals surface area contributed by atoms with Crippen molar-refractivity contribution >= 4 is 34.0 Å². The molecule has 0 radical (unpaired) electrons. The van der Waals surface area contributed by atoms with Crippen molar-refractivity contribution in [2.75, 3.05) is 11.1 Å². The molecule has 2 aromatic heterocycles. The van der Waals surface area contributed by atoms with Crippen LogP contribution in [0.4, 0.5) is 5.00 Å². The van der Waals surface area contributed by atoms with Crippen molar-refractivity contribution < 1.29 is 4.79 Å². The average Bonchev–Trinajstić information content (AvgIpc) is 3.03. The van der Waals surface area contributed by atoms with Gasteiger partial charge in [-0.1, -0.05) is 25.1 Å². The number of thioether (sulfide) groups is 1. The maximum atomic E-state index is 12.3. The lowest BCUT2D eigenvalue weighted by Crippen LogP contribution is -2.14. The molecule has 0 bridgehead atoms. The van der Waals surface area contributed by atoms with E-state index in [-0.39, 0.29) is 11.7 Å². The molecule has 2 heterocycles. The standard InChI is InChI=1S/C17H21N5OS2/c1-3-14-20-21-17(22(14)2)24-10-15(23)19-16-12(9-18)11-7-5-4-6-8-13(11)25-16/h3-8,10H2,1-2H3,(H,19,23). The van der Waals surface area contributed by atoms with E-state index in [0.717, 1.165) is 48.6 Å². The molecule has 1 aliphatic rings. The van der Waals surface area contributed by atoms with E-state index in [4.69, 9.17) is 0 Å². The zero-order chi connectivity index (χ0) is 17.8. The Balaban J connectivity index is 1.67. The van der Waals surface area contributed by atoms with Crippen LogP contribution in [0, 0.1) is 11.3 Å². The monoisotopic (exact) mass is 375 g/mol. The summed E-state index contributed by atoms with van der Waals surface area (Å²) in [5, 5.41) is 22.1. The van der Waals surface area contributed by atoms with Crippen molar-refractivity contribution in [3.8, 4) is 6.07 Å². The molecule has 0 fully saturated rings. The predicted molar refractivity (Wildman–Crippen MR) is 100 cm³/mol. The number of anilines is 1. The number of aromatic nitrogens is 3. The summed E-state index contributed by atoms with van der Waals surface area (Å²) in [6.07, 6.45) is 6.25. The number of carbonyl (C=O) groups is 1. The Morgan fingerprint density at radius 2 is 2.16 bits per heavy atom. The van der Waals surface area contributed by atoms with Crippen molar-refractivity contribution in [3.63, 3.8) is 0 Å². The van der Waals surface area contributed by atoms with Gasteiger partial charge in [0.2, 0.25) is 5.91 Å². The molecule has 0 atom stereocenters. The SMILES string of the molecule is CCc1nnc(SCC(=O)Nc2sc3c(c2C#N)CCCCC3)n1C. The first kappa shape index (κ1) is 18.0. The zero-order valence-corrected chi connectivity index (χ0v) is 16.1. The first-order chi connectivity index (χ1) is 12.1. The van der Waals surface area contributed by atoms with Crippen LogP contribution < -0.4 is 5.32 Å². The molecule has 1 amide bonds. The van der Waals surface area contributed by atoms with Gasteiger partial charge in [-0.2, -0.15) is 5.26 Å². The highest BCUT2D eigenvalue weighted by Crippen LogP contribution is 2.37. The van der Waals surface area contributed by atoms with Crippen LogP contribution >= 0.6 is 23.1 Å². The van der Waals surface area contributed by atoms with E-state index in [1.807, 2.05) is 18.5 Å². The van der Waals surface area contributed by atoms with Crippen LogP contribution in [0.5, 0.6) is 0 Å². The van der Waals surface area contributed by atoms with Gasteiger partial charge in [-0.15, -0.1) is 21.5 Å². The van der Waals surface area contributed by atoms with Crippen molar-refractivity contribution in [1.82, 2.24) is 14.8 Å². The van der Waals surface area contributed by atoms with Crippen molar-refractivity contribution in [1.29, 1.82) is 5.26 Å². The second-order valence-electron chi connectivity index (χ2n) is 6.03. The summed E-state index contributed by atoms with van der Waals surface area (Å²) in [5.41, 5.74) is 1.81. The quantitative estimate of drug-likeness (QED) is 0.640. The minimum Gasteiger partial charge on any atom is -0.316 e. The first-order valence-electron chi connectivity index (χ1n) is 8.49. The number of fused-ring (bicyclic) bond motifs is 1. The molecule has 1 aliphatic carbocycles. The molecular weight excluding hydrogens is 354 g/mol. The summed E-state index contributed by atoms with van der Waals surface area (Å²) in [7, 11) is 1.91. The van der Waals surface area contributed by atoms with Crippen LogP contribution in [-0.4, -0.2) is 26.4 Å². The predicted octanol–water partition coefficient (Wildman–Crippen LogP) is 3.31. The topological polar surface area (TPSA) is 83.6 Å². The Labute approximate surface area is 155 Å². The van der Waals surface area contributed by atoms with Crippen LogP contribution in [-0.2, 0) is 31.1 Å². The maximum Gasteiger partial charge on any atom is 0.235 e. The summed E-state index contributed by atoms with van der Waals surface area (Å²) in [6.45, 7) is 2.02. The van der Waals surface area contributed by atoms with Crippen molar-refractivity contribution in [3.05, 3.63) is 21.8 Å². The zero-order valence-electron chi connectivity index (χ0n) is 14.5. The third kappa shape index (κ3) is 3.88. The van der Waals surface area contributed by atoms with Gasteiger partial charge >= 0.3 is 0 Å². The molecule has 0 aromatic carbocycles. The number of nitriles is 1. The van der Waals surface area contributed by atoms with E-state index in [2.05, 4.69) is 21.6 Å². The Bertz CT molecular complexity index is 818. The number of nitrogens with one attached hydrogen (secondary N) is 1. The summed E-state index contributed by atoms with van der Waals surface area (Å²) < 4.78 is 1.91. The van der Waals surface area contributed by atoms with Gasteiger partial charge < -0.3 is 9.88 Å². The lowest BCUT2D eigenvalue weighted by Gasteiger charge is -2.04. The molecule has 0 saturated carbocycles. The van der Waals surface area contributed by atoms with Gasteiger partial charge in [0.05, 0.1) is 11.3 Å². The molecule has 132 valence electrons. The van der Waals surface area contributed by atoms with Crippen LogP contribution in [0.15, 0.2) is 5.16 Å². The molecule has 2 aromatic rings. The molecule has 6 nitrogen and oxygen atoms in total. The lowest BCUT2D eigenvalue weighted by molar-refractivity contribution is -0.113. The van der Waals surface area contributed by atoms with Gasteiger partial charge in [-0.3, -0.25) is 4.79 Å². The number of thiophene rings is 1. The fourth-order valence-electron chi connectivity index (χ4n) is 3.02. The molecule has 0 unspecified atom stereocenters. The summed E-state index contributed by atoms with van der Waals surface area (Å²) in [4.78, 5) is 13.6. The van der Waals surface area contributed by atoms with Crippen LogP contribution in [0.1, 0.15) is 48.0 Å². The Kier molecular flexibility index (Phi) is 5.76. The van der Waals surface area contributed by atoms with E-state index in [1.165, 1.54) is 23.1 Å². The van der Waals surface area contributed by atoms with E-state index >= 15 is 0 Å². The molecular formula is C17H21N5OS2. The van der Waals surface area contributed by atoms with Gasteiger partial charge in [0.1, 0.15) is 16.9 Å². The molecule has 0 aliphatic heterocycles. The highest BCUT2D eigenvalue weighted by molar-refractivity contribution is 7.99. The van der Waals surface area contributed by atoms with E-state index in [9.17, 15) is 10.1 Å². The maximum absolute atomic E-state index is 12.3. The van der Waals surface area contributed by atoms with Gasteiger partial charge in [-0.05, 0) is 31.2 Å². The number of aryl methyl sites for hydroxylation is 2. The summed E-state index contributed by atoms with van der Waals surface area (Å²) >= 11 is 2.93. The minimum absolute atomic E-state index is 0.112. The van der Waals surface area contributed by atoms with Crippen molar-refractivity contribution in [2.45, 2.75) is 50.6 Å². The number of carbonyl (C=O) groups excluding carboxylic acids is 1. The first-order valence-corrected chi connectivity index (χ1v) is 10.3. The summed E-state index contributed by atoms with van der Waals surface area (Å²) in [6, 6.07) is 2.29. The molecule has 25 heavy (non-hydrogen) atoms. The Morgan fingerprint density at radius 1 is 1.36 bits per heavy atom. The lowest BCUT2D eigenvalue weighted by atomic mass is 10.1. The third-order valence-electron chi connectivity index (χ3n) is 4.36.